The van der Waals surface area contributed by atoms with Crippen molar-refractivity contribution in [2.24, 2.45) is 0 Å². The number of hydrogen-bond donors (Lipinski definition) is 1. The number of nitrogens with one attached hydrogen (secondary N) is 1. The number of rotatable bonds is 5. The van der Waals surface area contributed by atoms with Gasteiger partial charge in [-0.05, 0) is 47.5 Å². The molecule has 0 bridgehead atoms. The summed E-state index contributed by atoms with van der Waals surface area (Å²) in [4.78, 5) is 10.4. The maximum absolute atomic E-state index is 13.2. The smallest absolute Gasteiger partial charge is 0.175 e. The highest BCUT2D eigenvalue weighted by Crippen LogP contribution is 2.27. The Morgan fingerprint density at radius 2 is 1.90 bits per heavy atom. The number of H-pyrrole nitrogens is 1. The van der Waals surface area contributed by atoms with E-state index in [1.165, 1.54) is 18.4 Å². The number of nitrogens with zero attached hydrogens (tertiary/aromatic N) is 2. The Morgan fingerprint density at radius 3 is 2.59 bits per heavy atom. The minimum absolute atomic E-state index is 0.0486. The third-order valence-electron chi connectivity index (χ3n) is 5.04. The number of hydrogen-bond acceptors (Lipinski definition) is 5. The van der Waals surface area contributed by atoms with E-state index in [4.69, 9.17) is 4.74 Å². The minimum Gasteiger partial charge on any atom is -0.378 e. The van der Waals surface area contributed by atoms with Gasteiger partial charge in [0, 0.05) is 19.3 Å². The fourth-order valence-electron chi connectivity index (χ4n) is 3.44. The van der Waals surface area contributed by atoms with E-state index in [2.05, 4.69) is 14.9 Å². The molecule has 1 fully saturated rings. The average Bonchev–Trinajstić information content (AvgIpc) is 3.19. The number of sulfone groups is 1. The van der Waals surface area contributed by atoms with Crippen LogP contribution in [0.4, 0.5) is 4.39 Å². The van der Waals surface area contributed by atoms with E-state index >= 15 is 0 Å². The lowest BCUT2D eigenvalue weighted by Gasteiger charge is -2.34. The van der Waals surface area contributed by atoms with Crippen molar-refractivity contribution in [2.75, 3.05) is 26.0 Å². The Kier molecular flexibility index (Phi) is 5.49. The third-order valence-corrected chi connectivity index (χ3v) is 6.17. The van der Waals surface area contributed by atoms with Gasteiger partial charge in [-0.15, -0.1) is 0 Å². The number of ether oxygens (including phenoxy) is 1. The molecule has 152 valence electrons. The summed E-state index contributed by atoms with van der Waals surface area (Å²) >= 11 is 0. The van der Waals surface area contributed by atoms with Crippen LogP contribution in [0.2, 0.25) is 0 Å². The van der Waals surface area contributed by atoms with Gasteiger partial charge in [-0.25, -0.2) is 17.8 Å². The predicted octanol–water partition coefficient (Wildman–Crippen LogP) is 3.19. The van der Waals surface area contributed by atoms with E-state index in [1.54, 1.807) is 30.5 Å². The van der Waals surface area contributed by atoms with Crippen LogP contribution >= 0.6 is 0 Å². The molecule has 1 aliphatic heterocycles. The molecule has 2 aromatic carbocycles. The Bertz CT molecular complexity index is 1080. The fraction of sp³-hybridized carbons (Fsp3) is 0.286. The monoisotopic (exact) mass is 415 g/mol. The molecule has 0 spiro atoms. The van der Waals surface area contributed by atoms with E-state index in [-0.39, 0.29) is 11.9 Å². The highest BCUT2D eigenvalue weighted by Gasteiger charge is 2.27. The van der Waals surface area contributed by atoms with Gasteiger partial charge >= 0.3 is 0 Å². The average molecular weight is 415 g/mol. The van der Waals surface area contributed by atoms with Crippen LogP contribution in [0, 0.1) is 5.82 Å². The van der Waals surface area contributed by atoms with Gasteiger partial charge in [-0.3, -0.25) is 4.90 Å². The summed E-state index contributed by atoms with van der Waals surface area (Å²) in [5.41, 5.74) is 2.71. The van der Waals surface area contributed by atoms with Crippen molar-refractivity contribution in [2.45, 2.75) is 17.5 Å². The number of halogens is 1. The molecule has 29 heavy (non-hydrogen) atoms. The summed E-state index contributed by atoms with van der Waals surface area (Å²) in [6, 6.07) is 13.2. The number of aromatic nitrogens is 2. The Balaban J connectivity index is 1.53. The number of morpholine rings is 1. The van der Waals surface area contributed by atoms with Crippen molar-refractivity contribution in [1.29, 1.82) is 0 Å². The van der Waals surface area contributed by atoms with E-state index in [0.717, 1.165) is 29.2 Å². The second-order valence-corrected chi connectivity index (χ2v) is 9.18. The van der Waals surface area contributed by atoms with Crippen LogP contribution in [0.15, 0.2) is 59.6 Å². The molecular formula is C21H22FN3O3S. The molecule has 0 aliphatic carbocycles. The summed E-state index contributed by atoms with van der Waals surface area (Å²) in [7, 11) is -3.20. The summed E-state index contributed by atoms with van der Waals surface area (Å²) in [5, 5.41) is 0. The van der Waals surface area contributed by atoms with E-state index in [9.17, 15) is 12.8 Å². The second-order valence-electron chi connectivity index (χ2n) is 7.17. The standard InChI is InChI=1S/C21H22FN3O3S/c1-29(26,27)18-8-2-15(3-9-18)13-25-10-11-28-14-20(25)21-23-12-19(24-21)16-4-6-17(22)7-5-16/h2-9,12,20H,10-11,13-14H2,1H3,(H,23,24)/t20-/m0/s1. The lowest BCUT2D eigenvalue weighted by atomic mass is 10.1. The van der Waals surface area contributed by atoms with Crippen LogP contribution in [0.1, 0.15) is 17.4 Å². The van der Waals surface area contributed by atoms with Gasteiger partial charge in [0.25, 0.3) is 0 Å². The maximum atomic E-state index is 13.2. The molecule has 1 atom stereocenters. The van der Waals surface area contributed by atoms with Gasteiger partial charge in [-0.1, -0.05) is 12.1 Å². The SMILES string of the molecule is CS(=O)(=O)c1ccc(CN2CCOC[C@H]2c2ncc(-c3ccc(F)cc3)[nH]2)cc1. The van der Waals surface area contributed by atoms with Crippen LogP contribution in [0.25, 0.3) is 11.3 Å². The zero-order valence-corrected chi connectivity index (χ0v) is 16.8. The zero-order valence-electron chi connectivity index (χ0n) is 16.0. The largest absolute Gasteiger partial charge is 0.378 e. The summed E-state index contributed by atoms with van der Waals surface area (Å²) in [6.07, 6.45) is 2.95. The zero-order chi connectivity index (χ0) is 20.4. The second kappa shape index (κ2) is 8.06. The van der Waals surface area contributed by atoms with E-state index in [1.807, 2.05) is 12.1 Å². The predicted molar refractivity (Wildman–Crippen MR) is 108 cm³/mol. The molecule has 1 aromatic heterocycles. The van der Waals surface area contributed by atoms with Crippen molar-refractivity contribution < 1.29 is 17.5 Å². The molecule has 1 aliphatic rings. The van der Waals surface area contributed by atoms with E-state index in [0.29, 0.717) is 24.7 Å². The summed E-state index contributed by atoms with van der Waals surface area (Å²) < 4.78 is 42.1. The van der Waals surface area contributed by atoms with Crippen LogP contribution in [-0.4, -0.2) is 49.3 Å². The lowest BCUT2D eigenvalue weighted by molar-refractivity contribution is -0.0156. The van der Waals surface area contributed by atoms with Crippen molar-refractivity contribution in [1.82, 2.24) is 14.9 Å². The molecular weight excluding hydrogens is 393 g/mol. The van der Waals surface area contributed by atoms with Crippen molar-refractivity contribution in [3.63, 3.8) is 0 Å². The van der Waals surface area contributed by atoms with Crippen LogP contribution in [-0.2, 0) is 21.1 Å². The molecule has 6 nitrogen and oxygen atoms in total. The Morgan fingerprint density at radius 1 is 1.17 bits per heavy atom. The molecule has 0 radical (unpaired) electrons. The van der Waals surface area contributed by atoms with Gasteiger partial charge in [0.15, 0.2) is 9.84 Å². The fourth-order valence-corrected chi connectivity index (χ4v) is 4.07. The molecule has 1 N–H and O–H groups in total. The first kappa shape index (κ1) is 19.8. The number of imidazole rings is 1. The van der Waals surface area contributed by atoms with Crippen molar-refractivity contribution in [3.05, 3.63) is 71.9 Å². The topological polar surface area (TPSA) is 75.3 Å². The van der Waals surface area contributed by atoms with Crippen LogP contribution in [0.3, 0.4) is 0 Å². The van der Waals surface area contributed by atoms with Gasteiger partial charge in [0.2, 0.25) is 0 Å². The number of aromatic amines is 1. The first-order chi connectivity index (χ1) is 13.9. The summed E-state index contributed by atoms with van der Waals surface area (Å²) in [5.74, 6) is 0.513. The van der Waals surface area contributed by atoms with Gasteiger partial charge in [0.1, 0.15) is 11.6 Å². The molecule has 8 heteroatoms. The minimum atomic E-state index is -3.20. The highest BCUT2D eigenvalue weighted by atomic mass is 32.2. The molecule has 4 rings (SSSR count). The van der Waals surface area contributed by atoms with Crippen molar-refractivity contribution >= 4 is 9.84 Å². The van der Waals surface area contributed by atoms with Crippen LogP contribution < -0.4 is 0 Å². The first-order valence-electron chi connectivity index (χ1n) is 9.32. The normalized spacial score (nSPS) is 18.1. The molecule has 0 amide bonds. The van der Waals surface area contributed by atoms with E-state index < -0.39 is 9.84 Å². The molecule has 1 saturated heterocycles. The highest BCUT2D eigenvalue weighted by molar-refractivity contribution is 7.90. The van der Waals surface area contributed by atoms with Gasteiger partial charge < -0.3 is 9.72 Å². The Labute approximate surface area is 169 Å². The molecule has 2 heterocycles. The van der Waals surface area contributed by atoms with Crippen molar-refractivity contribution in [3.8, 4) is 11.3 Å². The van der Waals surface area contributed by atoms with Crippen LogP contribution in [0.5, 0.6) is 0 Å². The quantitative estimate of drug-likeness (QED) is 0.693. The van der Waals surface area contributed by atoms with Gasteiger partial charge in [-0.2, -0.15) is 0 Å². The lowest BCUT2D eigenvalue weighted by Crippen LogP contribution is -2.39. The third kappa shape index (κ3) is 4.55. The maximum Gasteiger partial charge on any atom is 0.175 e. The first-order valence-corrected chi connectivity index (χ1v) is 11.2. The Hall–Kier alpha value is -2.55. The number of benzene rings is 2. The molecule has 3 aromatic rings. The molecule has 0 unspecified atom stereocenters. The summed E-state index contributed by atoms with van der Waals surface area (Å²) in [6.45, 7) is 2.54. The molecule has 0 saturated carbocycles. The van der Waals surface area contributed by atoms with Gasteiger partial charge in [0.05, 0.1) is 36.0 Å².